The van der Waals surface area contributed by atoms with Gasteiger partial charge in [0.1, 0.15) is 0 Å². The Bertz CT molecular complexity index is 537. The van der Waals surface area contributed by atoms with Crippen LogP contribution in [0.3, 0.4) is 0 Å². The Morgan fingerprint density at radius 3 is 2.33 bits per heavy atom. The van der Waals surface area contributed by atoms with Crippen molar-refractivity contribution in [1.29, 1.82) is 0 Å². The van der Waals surface area contributed by atoms with Gasteiger partial charge in [-0.05, 0) is 30.5 Å². The Kier molecular flexibility index (Phi) is 6.84. The molecule has 0 unspecified atom stereocenters. The summed E-state index contributed by atoms with van der Waals surface area (Å²) in [6, 6.07) is 7.62. The van der Waals surface area contributed by atoms with Crippen LogP contribution in [0.25, 0.3) is 0 Å². The largest absolute Gasteiger partial charge is 0.310 e. The molecule has 0 aromatic heterocycles. The van der Waals surface area contributed by atoms with Crippen molar-refractivity contribution in [2.24, 2.45) is 0 Å². The molecule has 1 rings (SSSR count). The summed E-state index contributed by atoms with van der Waals surface area (Å²) in [4.78, 5) is 0.375. The monoisotopic (exact) mass is 312 g/mol. The quantitative estimate of drug-likeness (QED) is 0.803. The number of rotatable bonds is 8. The minimum absolute atomic E-state index is 0.0486. The van der Waals surface area contributed by atoms with Gasteiger partial charge in [-0.15, -0.1) is 0 Å². The Balaban J connectivity index is 3.00. The molecule has 1 aromatic carbocycles. The fourth-order valence-electron chi connectivity index (χ4n) is 2.30. The molecule has 0 saturated heterocycles. The number of benzene rings is 1. The first-order valence-corrected chi connectivity index (χ1v) is 9.07. The highest BCUT2D eigenvalue weighted by Gasteiger charge is 2.26. The van der Waals surface area contributed by atoms with Crippen LogP contribution < -0.4 is 5.32 Å². The fourth-order valence-corrected chi connectivity index (χ4v) is 3.88. The highest BCUT2D eigenvalue weighted by Crippen LogP contribution is 2.20. The van der Waals surface area contributed by atoms with Crippen molar-refractivity contribution in [2.75, 3.05) is 7.05 Å². The lowest BCUT2D eigenvalue weighted by Crippen LogP contribution is -2.36. The maximum atomic E-state index is 12.7. The lowest BCUT2D eigenvalue weighted by atomic mass is 10.2. The van der Waals surface area contributed by atoms with Crippen molar-refractivity contribution in [3.8, 4) is 0 Å². The van der Waals surface area contributed by atoms with Crippen LogP contribution in [0.15, 0.2) is 29.2 Å². The zero-order chi connectivity index (χ0) is 16.0. The van der Waals surface area contributed by atoms with Gasteiger partial charge in [-0.1, -0.05) is 39.8 Å². The van der Waals surface area contributed by atoms with Gasteiger partial charge in [0.2, 0.25) is 10.0 Å². The standard InChI is InChI=1S/C16H28N2O2S/c1-6-15(7-2)18(5)21(19,20)16-10-8-9-14(11-16)12-17-13(3)4/h8-11,13,15,17H,6-7,12H2,1-5H3. The minimum Gasteiger partial charge on any atom is -0.310 e. The van der Waals surface area contributed by atoms with Gasteiger partial charge in [0.25, 0.3) is 0 Å². The van der Waals surface area contributed by atoms with E-state index in [0.29, 0.717) is 17.5 Å². The van der Waals surface area contributed by atoms with Crippen molar-refractivity contribution in [3.05, 3.63) is 29.8 Å². The summed E-state index contributed by atoms with van der Waals surface area (Å²) in [5.41, 5.74) is 0.989. The number of nitrogens with one attached hydrogen (secondary N) is 1. The molecule has 0 fully saturated rings. The van der Waals surface area contributed by atoms with Crippen LogP contribution in [0.1, 0.15) is 46.1 Å². The van der Waals surface area contributed by atoms with Gasteiger partial charge < -0.3 is 5.32 Å². The zero-order valence-corrected chi connectivity index (χ0v) is 14.6. The SMILES string of the molecule is CCC(CC)N(C)S(=O)(=O)c1cccc(CNC(C)C)c1. The van der Waals surface area contributed by atoms with Crippen LogP contribution in [-0.4, -0.2) is 31.9 Å². The summed E-state index contributed by atoms with van der Waals surface area (Å²) in [5, 5.41) is 3.31. The number of nitrogens with zero attached hydrogens (tertiary/aromatic N) is 1. The van der Waals surface area contributed by atoms with E-state index in [2.05, 4.69) is 19.2 Å². The summed E-state index contributed by atoms with van der Waals surface area (Å²) in [6.45, 7) is 8.85. The maximum absolute atomic E-state index is 12.7. The van der Waals surface area contributed by atoms with E-state index in [9.17, 15) is 8.42 Å². The Morgan fingerprint density at radius 2 is 1.81 bits per heavy atom. The molecule has 0 amide bonds. The molecule has 0 heterocycles. The predicted molar refractivity (Wildman–Crippen MR) is 87.7 cm³/mol. The molecule has 21 heavy (non-hydrogen) atoms. The van der Waals surface area contributed by atoms with E-state index < -0.39 is 10.0 Å². The van der Waals surface area contributed by atoms with E-state index in [-0.39, 0.29) is 6.04 Å². The van der Waals surface area contributed by atoms with Crippen LogP contribution in [0.5, 0.6) is 0 Å². The Morgan fingerprint density at radius 1 is 1.19 bits per heavy atom. The molecule has 0 spiro atoms. The summed E-state index contributed by atoms with van der Waals surface area (Å²) in [7, 11) is -1.75. The van der Waals surface area contributed by atoms with Gasteiger partial charge in [0, 0.05) is 25.7 Å². The molecule has 5 heteroatoms. The topological polar surface area (TPSA) is 49.4 Å². The van der Waals surface area contributed by atoms with Gasteiger partial charge in [0.15, 0.2) is 0 Å². The molecular formula is C16H28N2O2S. The maximum Gasteiger partial charge on any atom is 0.243 e. The molecule has 0 atom stereocenters. The van der Waals surface area contributed by atoms with Gasteiger partial charge >= 0.3 is 0 Å². The van der Waals surface area contributed by atoms with Gasteiger partial charge in [0.05, 0.1) is 4.90 Å². The van der Waals surface area contributed by atoms with Gasteiger partial charge in [-0.2, -0.15) is 4.31 Å². The van der Waals surface area contributed by atoms with Crippen LogP contribution in [0.2, 0.25) is 0 Å². The third-order valence-corrected chi connectivity index (χ3v) is 5.65. The predicted octanol–water partition coefficient (Wildman–Crippen LogP) is 2.99. The van der Waals surface area contributed by atoms with E-state index >= 15 is 0 Å². The lowest BCUT2D eigenvalue weighted by Gasteiger charge is -2.25. The van der Waals surface area contributed by atoms with Crippen molar-refractivity contribution in [2.45, 2.75) is 64.1 Å². The average molecular weight is 312 g/mol. The molecule has 1 N–H and O–H groups in total. The van der Waals surface area contributed by atoms with Crippen molar-refractivity contribution < 1.29 is 8.42 Å². The summed E-state index contributed by atoms with van der Waals surface area (Å²) in [5.74, 6) is 0. The molecule has 0 aliphatic carbocycles. The normalized spacial score (nSPS) is 12.6. The second kappa shape index (κ2) is 7.92. The molecule has 0 aliphatic heterocycles. The van der Waals surface area contributed by atoms with E-state index in [4.69, 9.17) is 0 Å². The zero-order valence-electron chi connectivity index (χ0n) is 13.8. The number of sulfonamides is 1. The molecule has 120 valence electrons. The number of hydrogen-bond acceptors (Lipinski definition) is 3. The number of hydrogen-bond donors (Lipinski definition) is 1. The van der Waals surface area contributed by atoms with Crippen LogP contribution >= 0.6 is 0 Å². The highest BCUT2D eigenvalue weighted by atomic mass is 32.2. The second-order valence-electron chi connectivity index (χ2n) is 5.67. The van der Waals surface area contributed by atoms with Crippen LogP contribution in [0, 0.1) is 0 Å². The molecule has 1 aromatic rings. The Labute approximate surface area is 129 Å². The molecular weight excluding hydrogens is 284 g/mol. The highest BCUT2D eigenvalue weighted by molar-refractivity contribution is 7.89. The van der Waals surface area contributed by atoms with E-state index in [1.165, 1.54) is 4.31 Å². The van der Waals surface area contributed by atoms with Crippen LogP contribution in [0.4, 0.5) is 0 Å². The molecule has 0 aliphatic rings. The first-order chi connectivity index (χ1) is 9.82. The van der Waals surface area contributed by atoms with Crippen molar-refractivity contribution in [1.82, 2.24) is 9.62 Å². The van der Waals surface area contributed by atoms with Gasteiger partial charge in [-0.25, -0.2) is 8.42 Å². The molecule has 0 saturated carbocycles. The first-order valence-electron chi connectivity index (χ1n) is 7.63. The minimum atomic E-state index is -3.42. The van der Waals surface area contributed by atoms with Gasteiger partial charge in [-0.3, -0.25) is 0 Å². The lowest BCUT2D eigenvalue weighted by molar-refractivity contribution is 0.349. The van der Waals surface area contributed by atoms with Crippen molar-refractivity contribution in [3.63, 3.8) is 0 Å². The third kappa shape index (κ3) is 4.80. The third-order valence-electron chi connectivity index (χ3n) is 3.75. The summed E-state index contributed by atoms with van der Waals surface area (Å²) >= 11 is 0. The molecule has 0 radical (unpaired) electrons. The summed E-state index contributed by atoms with van der Waals surface area (Å²) < 4.78 is 26.9. The van der Waals surface area contributed by atoms with E-state index in [1.807, 2.05) is 26.0 Å². The molecule has 0 bridgehead atoms. The van der Waals surface area contributed by atoms with Crippen molar-refractivity contribution >= 4 is 10.0 Å². The average Bonchev–Trinajstić information content (AvgIpc) is 2.46. The smallest absolute Gasteiger partial charge is 0.243 e. The van der Waals surface area contributed by atoms with E-state index in [1.54, 1.807) is 19.2 Å². The molecule has 4 nitrogen and oxygen atoms in total. The summed E-state index contributed by atoms with van der Waals surface area (Å²) in [6.07, 6.45) is 1.64. The Hall–Kier alpha value is -0.910. The second-order valence-corrected chi connectivity index (χ2v) is 7.67. The fraction of sp³-hybridized carbons (Fsp3) is 0.625. The van der Waals surface area contributed by atoms with Crippen LogP contribution in [-0.2, 0) is 16.6 Å². The first kappa shape index (κ1) is 18.1. The van der Waals surface area contributed by atoms with E-state index in [0.717, 1.165) is 18.4 Å².